The van der Waals surface area contributed by atoms with E-state index in [0.717, 1.165) is 29.6 Å². The minimum Gasteiger partial charge on any atom is -1.00 e. The van der Waals surface area contributed by atoms with E-state index in [1.807, 2.05) is 38.4 Å². The predicted molar refractivity (Wildman–Crippen MR) is 127 cm³/mol. The van der Waals surface area contributed by atoms with Crippen LogP contribution in [0.5, 0.6) is 0 Å². The summed E-state index contributed by atoms with van der Waals surface area (Å²) in [4.78, 5) is 2.15. The van der Waals surface area contributed by atoms with E-state index in [1.165, 1.54) is 26.2 Å². The number of nitrogens with zero attached hydrogens (tertiary/aromatic N) is 5. The van der Waals surface area contributed by atoms with Crippen LogP contribution in [0, 0.1) is 0 Å². The molecule has 0 aliphatic rings. The molecule has 0 unspecified atom stereocenters. The van der Waals surface area contributed by atoms with Gasteiger partial charge in [0.25, 0.3) is 0 Å². The van der Waals surface area contributed by atoms with Gasteiger partial charge in [0.05, 0.1) is 36.4 Å². The first kappa shape index (κ1) is 28.6. The maximum absolute atomic E-state index is 12.3. The Morgan fingerprint density at radius 3 is 2.12 bits per heavy atom. The van der Waals surface area contributed by atoms with Crippen LogP contribution in [0.2, 0.25) is 10.0 Å². The van der Waals surface area contributed by atoms with Gasteiger partial charge in [-0.05, 0) is 43.3 Å². The van der Waals surface area contributed by atoms with E-state index in [0.29, 0.717) is 10.3 Å². The van der Waals surface area contributed by atoms with Crippen molar-refractivity contribution in [3.05, 3.63) is 46.4 Å². The zero-order chi connectivity index (χ0) is 23.4. The molecule has 0 spiro atoms. The number of hydrogen-bond acceptors (Lipinski definition) is 6. The number of sulfonamides is 1. The van der Waals surface area contributed by atoms with Gasteiger partial charge in [0, 0.05) is 26.3 Å². The average Bonchev–Trinajstić information content (AvgIpc) is 2.68. The highest BCUT2D eigenvalue weighted by Crippen LogP contribution is 2.35. The summed E-state index contributed by atoms with van der Waals surface area (Å²) in [6.45, 7) is 4.60. The lowest BCUT2D eigenvalue weighted by Crippen LogP contribution is -3.00. The van der Waals surface area contributed by atoms with Crippen LogP contribution in [0.15, 0.2) is 51.5 Å². The number of nitrogens with two attached hydrogens (primary N) is 1. The molecule has 0 aliphatic carbocycles. The van der Waals surface area contributed by atoms with Crippen molar-refractivity contribution in [1.29, 1.82) is 0 Å². The quantitative estimate of drug-likeness (QED) is 0.233. The second-order valence-corrected chi connectivity index (χ2v) is 10.8. The molecule has 0 heterocycles. The van der Waals surface area contributed by atoms with Crippen molar-refractivity contribution < 1.29 is 25.4 Å². The molecule has 2 aromatic carbocycles. The molecule has 0 bridgehead atoms. The second kappa shape index (κ2) is 11.6. The molecule has 0 saturated carbocycles. The lowest BCUT2D eigenvalue weighted by molar-refractivity contribution is -0.900. The van der Waals surface area contributed by atoms with Gasteiger partial charge < -0.3 is 17.3 Å². The molecule has 178 valence electrons. The third kappa shape index (κ3) is 7.55. The summed E-state index contributed by atoms with van der Waals surface area (Å²) in [7, 11) is 3.04. The fraction of sp³-hybridized carbons (Fsp3) is 0.400. The summed E-state index contributed by atoms with van der Waals surface area (Å²) in [6, 6.07) is 10.3. The first-order chi connectivity index (χ1) is 14.3. The minimum atomic E-state index is -3.71. The van der Waals surface area contributed by atoms with Gasteiger partial charge in [-0.2, -0.15) is 11.0 Å². The van der Waals surface area contributed by atoms with Crippen LogP contribution >= 0.6 is 23.2 Å². The lowest BCUT2D eigenvalue weighted by Gasteiger charge is -2.28. The van der Waals surface area contributed by atoms with Crippen LogP contribution in [-0.2, 0) is 10.0 Å². The number of quaternary nitrogens is 1. The Morgan fingerprint density at radius 1 is 1.03 bits per heavy atom. The Bertz CT molecular complexity index is 1040. The van der Waals surface area contributed by atoms with Crippen LogP contribution in [0.1, 0.15) is 6.92 Å². The summed E-state index contributed by atoms with van der Waals surface area (Å²) in [6.07, 6.45) is 0. The number of rotatable bonds is 9. The molecule has 0 saturated heterocycles. The minimum absolute atomic E-state index is 0. The summed E-state index contributed by atoms with van der Waals surface area (Å²) >= 11 is 12.4. The third-order valence-corrected chi connectivity index (χ3v) is 7.16. The summed E-state index contributed by atoms with van der Waals surface area (Å²) in [5, 5.41) is 8.51. The van der Waals surface area contributed by atoms with Gasteiger partial charge in [0.2, 0.25) is 10.0 Å². The van der Waals surface area contributed by atoms with Crippen molar-refractivity contribution in [2.24, 2.45) is 16.1 Å². The number of likely N-dealkylation sites (N-methyl/N-ethyl adjacent to an activating group) is 2. The van der Waals surface area contributed by atoms with E-state index in [2.05, 4.69) is 22.1 Å². The van der Waals surface area contributed by atoms with E-state index in [-0.39, 0.29) is 33.0 Å². The second-order valence-electron chi connectivity index (χ2n) is 7.82. The summed E-state index contributed by atoms with van der Waals surface area (Å²) in [5.74, 6) is 6.03. The first-order valence-corrected chi connectivity index (χ1v) is 11.8. The van der Waals surface area contributed by atoms with Gasteiger partial charge in [-0.25, -0.2) is 12.7 Å². The van der Waals surface area contributed by atoms with Crippen molar-refractivity contribution in [2.75, 3.05) is 52.7 Å². The number of hydrogen-bond donors (Lipinski definition) is 1. The van der Waals surface area contributed by atoms with Gasteiger partial charge in [0.15, 0.2) is 0 Å². The summed E-state index contributed by atoms with van der Waals surface area (Å²) < 4.78 is 26.1. The molecule has 32 heavy (non-hydrogen) atoms. The lowest BCUT2D eigenvalue weighted by atomic mass is 10.2. The zero-order valence-electron chi connectivity index (χ0n) is 18.8. The van der Waals surface area contributed by atoms with E-state index in [9.17, 15) is 8.42 Å². The molecule has 0 aromatic heterocycles. The van der Waals surface area contributed by atoms with E-state index in [1.54, 1.807) is 0 Å². The molecular formula is C20H29Cl3N6O2S. The molecule has 8 nitrogen and oxygen atoms in total. The Hall–Kier alpha value is -1.46. The number of halogens is 3. The van der Waals surface area contributed by atoms with Crippen LogP contribution < -0.4 is 23.1 Å². The van der Waals surface area contributed by atoms with Gasteiger partial charge in [0.1, 0.15) is 17.1 Å². The molecule has 2 N–H and O–H groups in total. The SMILES string of the molecule is CCN(CC[N+](C)(C)N)c1ccc(N=Nc2cc(Cl)c(S(=O)(=O)N(C)C)cc2Cl)cc1.[Cl-]. The maximum Gasteiger partial charge on any atom is 0.244 e. The molecule has 0 aliphatic heterocycles. The van der Waals surface area contributed by atoms with Gasteiger partial charge >= 0.3 is 0 Å². The van der Waals surface area contributed by atoms with Crippen molar-refractivity contribution in [1.82, 2.24) is 4.31 Å². The van der Waals surface area contributed by atoms with Crippen molar-refractivity contribution in [3.63, 3.8) is 0 Å². The van der Waals surface area contributed by atoms with Gasteiger partial charge in [-0.15, -0.1) is 5.11 Å². The predicted octanol–water partition coefficient (Wildman–Crippen LogP) is 1.44. The highest BCUT2D eigenvalue weighted by atomic mass is 35.5. The Balaban J connectivity index is 0.00000512. The number of azo groups is 1. The third-order valence-electron chi connectivity index (χ3n) is 4.58. The van der Waals surface area contributed by atoms with Crippen LogP contribution in [-0.4, -0.2) is 65.1 Å². The van der Waals surface area contributed by atoms with Gasteiger partial charge in [-0.1, -0.05) is 23.2 Å². The molecular weight excluding hydrogens is 495 g/mol. The average molecular weight is 524 g/mol. The first-order valence-electron chi connectivity index (χ1n) is 9.65. The highest BCUT2D eigenvalue weighted by molar-refractivity contribution is 7.89. The fourth-order valence-corrected chi connectivity index (χ4v) is 4.36. The molecule has 0 fully saturated rings. The van der Waals surface area contributed by atoms with E-state index in [4.69, 9.17) is 29.0 Å². The van der Waals surface area contributed by atoms with Gasteiger partial charge in [-0.3, -0.25) is 4.59 Å². The summed E-state index contributed by atoms with van der Waals surface area (Å²) in [5.41, 5.74) is 1.98. The van der Waals surface area contributed by atoms with E-state index >= 15 is 0 Å². The number of benzene rings is 2. The Kier molecular flexibility index (Phi) is 10.4. The fourth-order valence-electron chi connectivity index (χ4n) is 2.68. The zero-order valence-corrected chi connectivity index (χ0v) is 21.8. The smallest absolute Gasteiger partial charge is 0.244 e. The molecule has 0 atom stereocenters. The highest BCUT2D eigenvalue weighted by Gasteiger charge is 2.22. The standard InChI is InChI=1S/C20H29Cl2N6O2S.ClH/c1-6-27(11-12-28(4,5)23)16-9-7-15(8-10-16)24-25-19-13-18(22)20(14-17(19)21)31(29,30)26(2)3;/h7-10,13-14H,6,11-12,23H2,1-5H3;1H/q+1;/p-1. The monoisotopic (exact) mass is 522 g/mol. The Morgan fingerprint density at radius 2 is 1.62 bits per heavy atom. The molecule has 12 heteroatoms. The normalized spacial score (nSPS) is 12.3. The molecule has 0 radical (unpaired) electrons. The van der Waals surface area contributed by atoms with Crippen molar-refractivity contribution in [3.8, 4) is 0 Å². The number of anilines is 1. The van der Waals surface area contributed by atoms with Crippen LogP contribution in [0.4, 0.5) is 17.1 Å². The molecule has 2 rings (SSSR count). The Labute approximate surface area is 206 Å². The largest absolute Gasteiger partial charge is 1.00 e. The van der Waals surface area contributed by atoms with Crippen molar-refractivity contribution >= 4 is 50.3 Å². The topological polar surface area (TPSA) is 91.4 Å². The van der Waals surface area contributed by atoms with Crippen molar-refractivity contribution in [2.45, 2.75) is 11.8 Å². The van der Waals surface area contributed by atoms with Crippen LogP contribution in [0.3, 0.4) is 0 Å². The van der Waals surface area contributed by atoms with E-state index < -0.39 is 10.0 Å². The molecule has 2 aromatic rings. The maximum atomic E-state index is 12.3. The molecule has 0 amide bonds. The van der Waals surface area contributed by atoms with Crippen LogP contribution in [0.25, 0.3) is 0 Å².